The highest BCUT2D eigenvalue weighted by atomic mass is 16.5. The van der Waals surface area contributed by atoms with Crippen molar-refractivity contribution >= 4 is 17.9 Å². The van der Waals surface area contributed by atoms with Crippen LogP contribution in [0.3, 0.4) is 0 Å². The van der Waals surface area contributed by atoms with Crippen molar-refractivity contribution in [2.75, 3.05) is 0 Å². The van der Waals surface area contributed by atoms with E-state index in [1.54, 1.807) is 24.4 Å². The Morgan fingerprint density at radius 2 is 1.77 bits per heavy atom. The molecule has 0 atom stereocenters. The van der Waals surface area contributed by atoms with Gasteiger partial charge in [-0.2, -0.15) is 0 Å². The van der Waals surface area contributed by atoms with E-state index in [-0.39, 0.29) is 5.56 Å². The zero-order chi connectivity index (χ0) is 18.4. The molecular formula is C22H19NO3. The van der Waals surface area contributed by atoms with Gasteiger partial charge in [-0.1, -0.05) is 48.0 Å². The number of aromatic carboxylic acids is 1. The Hall–Kier alpha value is -3.40. The standard InChI is InChI=1S/C22H19NO3/c1-16-7-10-19(11-8-16)23-14-18-9-12-21(20(13-18)22(24)25)26-15-17-5-3-2-4-6-17/h2-14H,15H2,1H3,(H,24,25). The van der Waals surface area contributed by atoms with Gasteiger partial charge in [0, 0.05) is 6.21 Å². The molecule has 1 N–H and O–H groups in total. The van der Waals surface area contributed by atoms with E-state index in [1.807, 2.05) is 61.5 Å². The molecule has 0 fully saturated rings. The van der Waals surface area contributed by atoms with Gasteiger partial charge in [0.1, 0.15) is 17.9 Å². The molecule has 0 heterocycles. The van der Waals surface area contributed by atoms with E-state index < -0.39 is 5.97 Å². The summed E-state index contributed by atoms with van der Waals surface area (Å²) in [5.74, 6) is -0.688. The summed E-state index contributed by atoms with van der Waals surface area (Å²) >= 11 is 0. The molecule has 0 radical (unpaired) electrons. The van der Waals surface area contributed by atoms with Crippen LogP contribution in [0, 0.1) is 6.92 Å². The predicted octanol–water partition coefficient (Wildman–Crippen LogP) is 5.02. The van der Waals surface area contributed by atoms with Crippen LogP contribution in [-0.4, -0.2) is 17.3 Å². The molecule has 4 heteroatoms. The first kappa shape index (κ1) is 17.4. The lowest BCUT2D eigenvalue weighted by molar-refractivity contribution is 0.0691. The summed E-state index contributed by atoms with van der Waals surface area (Å²) in [6.07, 6.45) is 1.65. The second-order valence-electron chi connectivity index (χ2n) is 5.93. The zero-order valence-corrected chi connectivity index (χ0v) is 14.4. The number of aryl methyl sites for hydroxylation is 1. The first-order chi connectivity index (χ1) is 12.6. The summed E-state index contributed by atoms with van der Waals surface area (Å²) in [6.45, 7) is 2.33. The molecule has 0 aliphatic heterocycles. The minimum absolute atomic E-state index is 0.119. The Morgan fingerprint density at radius 1 is 1.04 bits per heavy atom. The van der Waals surface area contributed by atoms with Gasteiger partial charge in [0.15, 0.2) is 0 Å². The molecule has 0 spiro atoms. The maximum absolute atomic E-state index is 11.6. The van der Waals surface area contributed by atoms with Crippen LogP contribution in [0.25, 0.3) is 0 Å². The van der Waals surface area contributed by atoms with Gasteiger partial charge in [-0.05, 0) is 48.4 Å². The van der Waals surface area contributed by atoms with Gasteiger partial charge in [-0.3, -0.25) is 4.99 Å². The molecule has 3 aromatic carbocycles. The molecule has 0 bridgehead atoms. The monoisotopic (exact) mass is 345 g/mol. The fraction of sp³-hybridized carbons (Fsp3) is 0.0909. The van der Waals surface area contributed by atoms with Gasteiger partial charge in [0.2, 0.25) is 0 Å². The predicted molar refractivity (Wildman–Crippen MR) is 103 cm³/mol. The van der Waals surface area contributed by atoms with Crippen LogP contribution >= 0.6 is 0 Å². The van der Waals surface area contributed by atoms with Gasteiger partial charge in [-0.25, -0.2) is 4.79 Å². The van der Waals surface area contributed by atoms with Crippen molar-refractivity contribution in [3.8, 4) is 5.75 Å². The summed E-state index contributed by atoms with van der Waals surface area (Å²) in [5.41, 5.74) is 3.78. The van der Waals surface area contributed by atoms with Crippen molar-refractivity contribution in [3.63, 3.8) is 0 Å². The number of hydrogen-bond donors (Lipinski definition) is 1. The normalized spacial score (nSPS) is 10.8. The third kappa shape index (κ3) is 4.57. The van der Waals surface area contributed by atoms with Crippen LogP contribution in [0.5, 0.6) is 5.75 Å². The molecule has 0 saturated heterocycles. The summed E-state index contributed by atoms with van der Waals surface area (Å²) in [7, 11) is 0. The number of hydrogen-bond acceptors (Lipinski definition) is 3. The molecule has 26 heavy (non-hydrogen) atoms. The molecule has 0 aliphatic carbocycles. The van der Waals surface area contributed by atoms with Crippen LogP contribution in [0.1, 0.15) is 27.0 Å². The van der Waals surface area contributed by atoms with E-state index in [9.17, 15) is 9.90 Å². The van der Waals surface area contributed by atoms with Crippen LogP contribution in [-0.2, 0) is 6.61 Å². The Bertz CT molecular complexity index is 916. The second kappa shape index (κ2) is 8.12. The van der Waals surface area contributed by atoms with E-state index in [1.165, 1.54) is 0 Å². The van der Waals surface area contributed by atoms with Crippen LogP contribution in [0.15, 0.2) is 77.8 Å². The second-order valence-corrected chi connectivity index (χ2v) is 5.93. The number of benzene rings is 3. The Balaban J connectivity index is 1.77. The summed E-state index contributed by atoms with van der Waals surface area (Å²) in [6, 6.07) is 22.5. The number of carbonyl (C=O) groups is 1. The molecule has 0 aromatic heterocycles. The Morgan fingerprint density at radius 3 is 2.46 bits per heavy atom. The number of carboxylic acid groups (broad SMARTS) is 1. The fourth-order valence-electron chi connectivity index (χ4n) is 2.44. The highest BCUT2D eigenvalue weighted by Crippen LogP contribution is 2.22. The van der Waals surface area contributed by atoms with Crippen LogP contribution in [0.2, 0.25) is 0 Å². The van der Waals surface area contributed by atoms with Crippen molar-refractivity contribution in [1.82, 2.24) is 0 Å². The number of rotatable bonds is 6. The minimum atomic E-state index is -1.03. The SMILES string of the molecule is Cc1ccc(N=Cc2ccc(OCc3ccccc3)c(C(=O)O)c2)cc1. The third-order valence-corrected chi connectivity index (χ3v) is 3.87. The fourth-order valence-corrected chi connectivity index (χ4v) is 2.44. The van der Waals surface area contributed by atoms with Gasteiger partial charge in [-0.15, -0.1) is 0 Å². The first-order valence-electron chi connectivity index (χ1n) is 8.26. The van der Waals surface area contributed by atoms with Crippen molar-refractivity contribution < 1.29 is 14.6 Å². The van der Waals surface area contributed by atoms with Crippen molar-refractivity contribution in [2.24, 2.45) is 4.99 Å². The summed E-state index contributed by atoms with van der Waals surface area (Å²) in [4.78, 5) is 16.0. The Labute approximate surface area is 152 Å². The largest absolute Gasteiger partial charge is 0.488 e. The third-order valence-electron chi connectivity index (χ3n) is 3.87. The number of carboxylic acids is 1. The van der Waals surface area contributed by atoms with Gasteiger partial charge >= 0.3 is 5.97 Å². The molecule has 4 nitrogen and oxygen atoms in total. The van der Waals surface area contributed by atoms with Gasteiger partial charge < -0.3 is 9.84 Å². The molecule has 0 aliphatic rings. The van der Waals surface area contributed by atoms with Gasteiger partial charge in [0.25, 0.3) is 0 Å². The van der Waals surface area contributed by atoms with Crippen molar-refractivity contribution in [2.45, 2.75) is 13.5 Å². The molecule has 3 aromatic rings. The number of nitrogens with zero attached hydrogens (tertiary/aromatic N) is 1. The quantitative estimate of drug-likeness (QED) is 0.638. The molecular weight excluding hydrogens is 326 g/mol. The van der Waals surface area contributed by atoms with Crippen molar-refractivity contribution in [3.05, 3.63) is 95.1 Å². The number of ether oxygens (including phenoxy) is 1. The van der Waals surface area contributed by atoms with Crippen molar-refractivity contribution in [1.29, 1.82) is 0 Å². The smallest absolute Gasteiger partial charge is 0.339 e. The molecule has 130 valence electrons. The molecule has 0 amide bonds. The molecule has 3 rings (SSSR count). The maximum atomic E-state index is 11.6. The minimum Gasteiger partial charge on any atom is -0.488 e. The van der Waals surface area contributed by atoms with E-state index in [0.717, 1.165) is 16.8 Å². The molecule has 0 unspecified atom stereocenters. The average Bonchev–Trinajstić information content (AvgIpc) is 2.67. The van der Waals surface area contributed by atoms with Gasteiger partial charge in [0.05, 0.1) is 5.69 Å². The van der Waals surface area contributed by atoms with Crippen LogP contribution in [0.4, 0.5) is 5.69 Å². The Kier molecular flexibility index (Phi) is 5.44. The lowest BCUT2D eigenvalue weighted by Crippen LogP contribution is -2.04. The lowest BCUT2D eigenvalue weighted by Gasteiger charge is -2.10. The van der Waals surface area contributed by atoms with E-state index in [4.69, 9.17) is 4.74 Å². The first-order valence-corrected chi connectivity index (χ1v) is 8.26. The summed E-state index contributed by atoms with van der Waals surface area (Å²) < 4.78 is 5.69. The number of aliphatic imine (C=N–C) groups is 1. The van der Waals surface area contributed by atoms with E-state index >= 15 is 0 Å². The van der Waals surface area contributed by atoms with E-state index in [0.29, 0.717) is 17.9 Å². The highest BCUT2D eigenvalue weighted by Gasteiger charge is 2.12. The topological polar surface area (TPSA) is 58.9 Å². The summed E-state index contributed by atoms with van der Waals surface area (Å²) in [5, 5.41) is 9.48. The lowest BCUT2D eigenvalue weighted by atomic mass is 10.1. The molecule has 0 saturated carbocycles. The van der Waals surface area contributed by atoms with Crippen LogP contribution < -0.4 is 4.74 Å². The van der Waals surface area contributed by atoms with E-state index in [2.05, 4.69) is 4.99 Å². The zero-order valence-electron chi connectivity index (χ0n) is 14.4. The average molecular weight is 345 g/mol. The highest BCUT2D eigenvalue weighted by molar-refractivity contribution is 5.94. The maximum Gasteiger partial charge on any atom is 0.339 e.